The molecule has 1 atom stereocenters. The number of hydrogen-bond acceptors (Lipinski definition) is 7. The molecule has 3 rings (SSSR count). The number of benzene rings is 1. The summed E-state index contributed by atoms with van der Waals surface area (Å²) in [5.41, 5.74) is 0.338. The summed E-state index contributed by atoms with van der Waals surface area (Å²) in [6.45, 7) is 0.672. The zero-order chi connectivity index (χ0) is 21.0. The van der Waals surface area contributed by atoms with Crippen LogP contribution < -0.4 is 19.5 Å². The van der Waals surface area contributed by atoms with Crippen molar-refractivity contribution in [2.75, 3.05) is 34.4 Å². The summed E-state index contributed by atoms with van der Waals surface area (Å²) in [7, 11) is 0.900. The summed E-state index contributed by atoms with van der Waals surface area (Å²) in [5, 5.41) is 4.58. The highest BCUT2D eigenvalue weighted by Gasteiger charge is 2.36. The first-order valence-electron chi connectivity index (χ1n) is 9.06. The minimum Gasteiger partial charge on any atom is -0.493 e. The first-order chi connectivity index (χ1) is 13.9. The Balaban J connectivity index is 1.73. The van der Waals surface area contributed by atoms with Gasteiger partial charge in [-0.05, 0) is 36.4 Å². The molecule has 0 spiro atoms. The number of methoxy groups -OCH3 is 3. The van der Waals surface area contributed by atoms with E-state index in [4.69, 9.17) is 14.2 Å². The van der Waals surface area contributed by atoms with Gasteiger partial charge in [0.15, 0.2) is 11.5 Å². The van der Waals surface area contributed by atoms with E-state index in [-0.39, 0.29) is 18.5 Å². The average molecular weight is 441 g/mol. The number of thiophene rings is 1. The predicted octanol–water partition coefficient (Wildman–Crippen LogP) is 2.36. The maximum absolute atomic E-state index is 12.8. The summed E-state index contributed by atoms with van der Waals surface area (Å²) in [4.78, 5) is 12.7. The highest BCUT2D eigenvalue weighted by Crippen LogP contribution is 2.38. The van der Waals surface area contributed by atoms with Gasteiger partial charge in [0.05, 0.1) is 21.3 Å². The number of rotatable bonds is 8. The van der Waals surface area contributed by atoms with Crippen LogP contribution in [0.5, 0.6) is 17.2 Å². The van der Waals surface area contributed by atoms with Gasteiger partial charge in [0.25, 0.3) is 15.9 Å². The van der Waals surface area contributed by atoms with Crippen LogP contribution in [0.4, 0.5) is 0 Å². The number of carbonyl (C=O) groups excluding carboxylic acids is 1. The molecule has 1 aromatic heterocycles. The first-order valence-corrected chi connectivity index (χ1v) is 11.4. The highest BCUT2D eigenvalue weighted by atomic mass is 32.2. The molecule has 0 bridgehead atoms. The van der Waals surface area contributed by atoms with Crippen LogP contribution in [0.1, 0.15) is 23.2 Å². The second-order valence-electron chi connectivity index (χ2n) is 6.47. The van der Waals surface area contributed by atoms with Crippen LogP contribution in [0.2, 0.25) is 0 Å². The standard InChI is InChI=1S/C19H24N2O6S2/c1-25-15-10-13(11-16(26-2)18(15)27-3)19(22)20-12-14-6-4-8-21(14)29(23,24)17-7-5-9-28-17/h5,7,9-11,14H,4,6,8,12H2,1-3H3,(H,20,22)/t14-/m1/s1. The Bertz CT molecular complexity index is 934. The van der Waals surface area contributed by atoms with E-state index in [0.29, 0.717) is 40.0 Å². The van der Waals surface area contributed by atoms with Crippen LogP contribution >= 0.6 is 11.3 Å². The third-order valence-corrected chi connectivity index (χ3v) is 8.13. The van der Waals surface area contributed by atoms with E-state index in [1.165, 1.54) is 37.0 Å². The molecular weight excluding hydrogens is 416 g/mol. The fourth-order valence-corrected chi connectivity index (χ4v) is 6.19. The maximum atomic E-state index is 12.8. The molecule has 1 N–H and O–H groups in total. The van der Waals surface area contributed by atoms with E-state index in [1.807, 2.05) is 0 Å². The van der Waals surface area contributed by atoms with Crippen LogP contribution in [-0.4, -0.2) is 59.1 Å². The number of amides is 1. The molecule has 2 heterocycles. The Morgan fingerprint density at radius 3 is 2.45 bits per heavy atom. The van der Waals surface area contributed by atoms with E-state index in [2.05, 4.69) is 5.32 Å². The molecule has 0 saturated carbocycles. The maximum Gasteiger partial charge on any atom is 0.252 e. The van der Waals surface area contributed by atoms with Crippen molar-refractivity contribution in [2.45, 2.75) is 23.1 Å². The molecule has 1 fully saturated rings. The fraction of sp³-hybridized carbons (Fsp3) is 0.421. The Kier molecular flexibility index (Phi) is 6.66. The quantitative estimate of drug-likeness (QED) is 0.677. The van der Waals surface area contributed by atoms with Crippen molar-refractivity contribution in [1.29, 1.82) is 0 Å². The number of nitrogens with one attached hydrogen (secondary N) is 1. The summed E-state index contributed by atoms with van der Waals surface area (Å²) >= 11 is 1.20. The van der Waals surface area contributed by atoms with Gasteiger partial charge in [-0.15, -0.1) is 11.3 Å². The van der Waals surface area contributed by atoms with Crippen LogP contribution in [0, 0.1) is 0 Å². The number of nitrogens with zero attached hydrogens (tertiary/aromatic N) is 1. The van der Waals surface area contributed by atoms with Gasteiger partial charge < -0.3 is 19.5 Å². The lowest BCUT2D eigenvalue weighted by atomic mass is 10.1. The summed E-state index contributed by atoms with van der Waals surface area (Å²) < 4.78 is 43.3. The molecule has 2 aromatic rings. The fourth-order valence-electron chi connectivity index (χ4n) is 3.38. The lowest BCUT2D eigenvalue weighted by Gasteiger charge is -2.23. The number of sulfonamides is 1. The normalized spacial score (nSPS) is 17.1. The molecule has 29 heavy (non-hydrogen) atoms. The molecule has 0 radical (unpaired) electrons. The van der Waals surface area contributed by atoms with Gasteiger partial charge in [-0.3, -0.25) is 4.79 Å². The second kappa shape index (κ2) is 9.02. The molecule has 10 heteroatoms. The van der Waals surface area contributed by atoms with Gasteiger partial charge >= 0.3 is 0 Å². The molecule has 0 unspecified atom stereocenters. The SMILES string of the molecule is COc1cc(C(=O)NC[C@H]2CCCN2S(=O)(=O)c2cccs2)cc(OC)c1OC. The van der Waals surface area contributed by atoms with Gasteiger partial charge in [0.1, 0.15) is 4.21 Å². The van der Waals surface area contributed by atoms with E-state index < -0.39 is 10.0 Å². The van der Waals surface area contributed by atoms with Crippen LogP contribution in [0.3, 0.4) is 0 Å². The Morgan fingerprint density at radius 2 is 1.90 bits per heavy atom. The minimum absolute atomic E-state index is 0.222. The van der Waals surface area contributed by atoms with E-state index in [9.17, 15) is 13.2 Å². The first kappa shape index (κ1) is 21.4. The molecule has 1 saturated heterocycles. The molecule has 1 aliphatic heterocycles. The predicted molar refractivity (Wildman–Crippen MR) is 110 cm³/mol. The molecule has 1 amide bonds. The topological polar surface area (TPSA) is 94.2 Å². The zero-order valence-corrected chi connectivity index (χ0v) is 18.1. The minimum atomic E-state index is -3.54. The Hall–Kier alpha value is -2.30. The zero-order valence-electron chi connectivity index (χ0n) is 16.5. The van der Waals surface area contributed by atoms with Crippen LogP contribution in [0.15, 0.2) is 33.9 Å². The van der Waals surface area contributed by atoms with Crippen molar-refractivity contribution in [3.05, 3.63) is 35.2 Å². The average Bonchev–Trinajstić information content (AvgIpc) is 3.43. The number of carbonyl (C=O) groups is 1. The highest BCUT2D eigenvalue weighted by molar-refractivity contribution is 7.91. The number of ether oxygens (including phenoxy) is 3. The Labute approximate surface area is 174 Å². The van der Waals surface area contributed by atoms with Gasteiger partial charge in [-0.25, -0.2) is 8.42 Å². The van der Waals surface area contributed by atoms with Crippen molar-refractivity contribution >= 4 is 27.3 Å². The lowest BCUT2D eigenvalue weighted by Crippen LogP contribution is -2.42. The van der Waals surface area contributed by atoms with Crippen molar-refractivity contribution in [1.82, 2.24) is 9.62 Å². The summed E-state index contributed by atoms with van der Waals surface area (Å²) in [6, 6.07) is 6.16. The summed E-state index contributed by atoms with van der Waals surface area (Å²) in [6.07, 6.45) is 1.45. The van der Waals surface area contributed by atoms with E-state index in [0.717, 1.165) is 6.42 Å². The van der Waals surface area contributed by atoms with Crippen molar-refractivity contribution in [2.24, 2.45) is 0 Å². The largest absolute Gasteiger partial charge is 0.493 e. The molecule has 8 nitrogen and oxygen atoms in total. The molecular formula is C19H24N2O6S2. The molecule has 158 valence electrons. The van der Waals surface area contributed by atoms with Crippen molar-refractivity contribution in [3.63, 3.8) is 0 Å². The smallest absolute Gasteiger partial charge is 0.252 e. The summed E-state index contributed by atoms with van der Waals surface area (Å²) in [5.74, 6) is 0.805. The van der Waals surface area contributed by atoms with Crippen molar-refractivity contribution < 1.29 is 27.4 Å². The molecule has 1 aliphatic rings. The third-order valence-electron chi connectivity index (χ3n) is 4.81. The van der Waals surface area contributed by atoms with Crippen LogP contribution in [-0.2, 0) is 10.0 Å². The van der Waals surface area contributed by atoms with Gasteiger partial charge in [-0.2, -0.15) is 4.31 Å². The van der Waals surface area contributed by atoms with Crippen LogP contribution in [0.25, 0.3) is 0 Å². The Morgan fingerprint density at radius 1 is 1.21 bits per heavy atom. The monoisotopic (exact) mass is 440 g/mol. The molecule has 1 aromatic carbocycles. The molecule has 0 aliphatic carbocycles. The lowest BCUT2D eigenvalue weighted by molar-refractivity contribution is 0.0946. The third kappa shape index (κ3) is 4.34. The van der Waals surface area contributed by atoms with Gasteiger partial charge in [0, 0.05) is 24.7 Å². The van der Waals surface area contributed by atoms with Gasteiger partial charge in [0.2, 0.25) is 5.75 Å². The van der Waals surface area contributed by atoms with Gasteiger partial charge in [-0.1, -0.05) is 6.07 Å². The second-order valence-corrected chi connectivity index (χ2v) is 9.53. The van der Waals surface area contributed by atoms with Crippen molar-refractivity contribution in [3.8, 4) is 17.2 Å². The number of hydrogen-bond donors (Lipinski definition) is 1. The van der Waals surface area contributed by atoms with E-state index in [1.54, 1.807) is 29.6 Å². The van der Waals surface area contributed by atoms with E-state index >= 15 is 0 Å².